The first-order valence-electron chi connectivity index (χ1n) is 8.82. The number of Topliss-reactive ketones (excluding diaryl/α,β-unsaturated/α-hetero) is 1. The lowest BCUT2D eigenvalue weighted by atomic mass is 10.1. The van der Waals surface area contributed by atoms with Crippen LogP contribution in [0.3, 0.4) is 0 Å². The maximum absolute atomic E-state index is 12.8. The van der Waals surface area contributed by atoms with Gasteiger partial charge in [0.1, 0.15) is 5.78 Å². The summed E-state index contributed by atoms with van der Waals surface area (Å²) < 4.78 is 5.61. The van der Waals surface area contributed by atoms with Crippen LogP contribution in [-0.4, -0.2) is 29.5 Å². The number of benzene rings is 2. The molecule has 5 nitrogen and oxygen atoms in total. The molecule has 2 aromatic carbocycles. The van der Waals surface area contributed by atoms with Crippen LogP contribution in [0.2, 0.25) is 0 Å². The number of hydrogen-bond acceptors (Lipinski definition) is 5. The number of amides is 1. The van der Waals surface area contributed by atoms with E-state index in [9.17, 15) is 14.4 Å². The quantitative estimate of drug-likeness (QED) is 0.558. The Morgan fingerprint density at radius 2 is 1.74 bits per heavy atom. The molecule has 140 valence electrons. The third kappa shape index (κ3) is 5.44. The highest BCUT2D eigenvalue weighted by molar-refractivity contribution is 8.00. The number of thioether (sulfide) groups is 1. The summed E-state index contributed by atoms with van der Waals surface area (Å²) in [6.45, 7) is 1.50. The normalized spacial score (nSPS) is 14.3. The average molecular weight is 383 g/mol. The molecule has 1 saturated carbocycles. The van der Waals surface area contributed by atoms with E-state index >= 15 is 0 Å². The fourth-order valence-corrected chi connectivity index (χ4v) is 3.36. The predicted molar refractivity (Wildman–Crippen MR) is 104 cm³/mol. The summed E-state index contributed by atoms with van der Waals surface area (Å²) >= 11 is 1.28. The average Bonchev–Trinajstić information content (AvgIpc) is 3.49. The Morgan fingerprint density at radius 3 is 2.41 bits per heavy atom. The molecular formula is C21H21NO4S. The maximum Gasteiger partial charge on any atom is 0.340 e. The molecule has 0 aliphatic heterocycles. The van der Waals surface area contributed by atoms with Gasteiger partial charge in [0.05, 0.1) is 11.3 Å². The molecule has 1 amide bonds. The number of nitrogens with one attached hydrogen (secondary N) is 1. The Bertz CT molecular complexity index is 833. The van der Waals surface area contributed by atoms with Crippen LogP contribution in [0, 0.1) is 0 Å². The third-order valence-electron chi connectivity index (χ3n) is 4.03. The van der Waals surface area contributed by atoms with Crippen molar-refractivity contribution in [2.45, 2.75) is 36.8 Å². The Hall–Kier alpha value is -2.60. The van der Waals surface area contributed by atoms with Crippen molar-refractivity contribution in [1.82, 2.24) is 5.32 Å². The van der Waals surface area contributed by atoms with Gasteiger partial charge in [-0.3, -0.25) is 9.59 Å². The monoisotopic (exact) mass is 383 g/mol. The summed E-state index contributed by atoms with van der Waals surface area (Å²) in [5, 5.41) is 2.90. The van der Waals surface area contributed by atoms with E-state index in [4.69, 9.17) is 4.74 Å². The number of ether oxygens (including phenoxy) is 1. The first kappa shape index (κ1) is 19.2. The van der Waals surface area contributed by atoms with E-state index in [1.54, 1.807) is 48.5 Å². The minimum absolute atomic E-state index is 0.0224. The van der Waals surface area contributed by atoms with Gasteiger partial charge in [-0.1, -0.05) is 42.5 Å². The van der Waals surface area contributed by atoms with Crippen molar-refractivity contribution in [1.29, 1.82) is 0 Å². The molecule has 0 bridgehead atoms. The van der Waals surface area contributed by atoms with Gasteiger partial charge in [-0.2, -0.15) is 0 Å². The molecule has 0 aromatic heterocycles. The molecule has 0 heterocycles. The summed E-state index contributed by atoms with van der Waals surface area (Å²) in [5.74, 6) is -0.601. The molecule has 1 aliphatic rings. The number of rotatable bonds is 8. The zero-order chi connectivity index (χ0) is 19.2. The second kappa shape index (κ2) is 8.86. The summed E-state index contributed by atoms with van der Waals surface area (Å²) in [5.41, 5.74) is 0.974. The van der Waals surface area contributed by atoms with Gasteiger partial charge in [0.25, 0.3) is 5.91 Å². The minimum atomic E-state index is -1.01. The molecule has 0 unspecified atom stereocenters. The minimum Gasteiger partial charge on any atom is -0.444 e. The molecule has 0 spiro atoms. The number of ketones is 1. The van der Waals surface area contributed by atoms with Gasteiger partial charge in [0, 0.05) is 16.5 Å². The van der Waals surface area contributed by atoms with Crippen molar-refractivity contribution in [3.63, 3.8) is 0 Å². The Balaban J connectivity index is 1.80. The summed E-state index contributed by atoms with van der Waals surface area (Å²) in [4.78, 5) is 37.4. The molecular weight excluding hydrogens is 362 g/mol. The lowest BCUT2D eigenvalue weighted by molar-refractivity contribution is -0.130. The van der Waals surface area contributed by atoms with Crippen LogP contribution in [-0.2, 0) is 14.3 Å². The number of esters is 1. The Labute approximate surface area is 162 Å². The van der Waals surface area contributed by atoms with Gasteiger partial charge >= 0.3 is 5.97 Å². The van der Waals surface area contributed by atoms with Crippen LogP contribution < -0.4 is 5.32 Å². The SMILES string of the molecule is CC(=O)CSc1ccccc1C(=O)O[C@H](C(=O)NC1CC1)c1ccccc1. The molecule has 1 N–H and O–H groups in total. The Kier molecular flexibility index (Phi) is 6.29. The standard InChI is InChI=1S/C21H21NO4S/c1-14(23)13-27-18-10-6-5-9-17(18)21(25)26-19(15-7-3-2-4-8-15)20(24)22-16-11-12-16/h2-10,16,19H,11-13H2,1H3,(H,22,24)/t19-/m0/s1. The van der Waals surface area contributed by atoms with E-state index in [-0.39, 0.29) is 23.5 Å². The summed E-state index contributed by atoms with van der Waals surface area (Å²) in [7, 11) is 0. The molecule has 0 saturated heterocycles. The van der Waals surface area contributed by atoms with E-state index in [1.165, 1.54) is 18.7 Å². The van der Waals surface area contributed by atoms with Crippen LogP contribution in [0.15, 0.2) is 59.5 Å². The fraction of sp³-hybridized carbons (Fsp3) is 0.286. The molecule has 1 fully saturated rings. The van der Waals surface area contributed by atoms with E-state index in [2.05, 4.69) is 5.32 Å². The Morgan fingerprint density at radius 1 is 1.07 bits per heavy atom. The lowest BCUT2D eigenvalue weighted by Gasteiger charge is -2.19. The van der Waals surface area contributed by atoms with Crippen LogP contribution in [0.25, 0.3) is 0 Å². The lowest BCUT2D eigenvalue weighted by Crippen LogP contribution is -2.33. The smallest absolute Gasteiger partial charge is 0.340 e. The van der Waals surface area contributed by atoms with Crippen LogP contribution in [0.1, 0.15) is 41.8 Å². The molecule has 1 atom stereocenters. The highest BCUT2D eigenvalue weighted by Gasteiger charge is 2.31. The molecule has 27 heavy (non-hydrogen) atoms. The highest BCUT2D eigenvalue weighted by Crippen LogP contribution is 2.27. The number of carbonyl (C=O) groups is 3. The van der Waals surface area contributed by atoms with E-state index in [0.29, 0.717) is 16.0 Å². The maximum atomic E-state index is 12.8. The highest BCUT2D eigenvalue weighted by atomic mass is 32.2. The van der Waals surface area contributed by atoms with Crippen molar-refractivity contribution >= 4 is 29.4 Å². The zero-order valence-corrected chi connectivity index (χ0v) is 15.8. The van der Waals surface area contributed by atoms with E-state index in [1.807, 2.05) is 6.07 Å². The molecule has 6 heteroatoms. The van der Waals surface area contributed by atoms with E-state index < -0.39 is 12.1 Å². The summed E-state index contributed by atoms with van der Waals surface area (Å²) in [6, 6.07) is 16.1. The molecule has 2 aromatic rings. The molecule has 1 aliphatic carbocycles. The second-order valence-electron chi connectivity index (χ2n) is 6.47. The zero-order valence-electron chi connectivity index (χ0n) is 15.0. The van der Waals surface area contributed by atoms with Gasteiger partial charge in [-0.25, -0.2) is 4.79 Å². The largest absolute Gasteiger partial charge is 0.444 e. The van der Waals surface area contributed by atoms with Gasteiger partial charge in [0.2, 0.25) is 6.10 Å². The van der Waals surface area contributed by atoms with Crippen LogP contribution in [0.4, 0.5) is 0 Å². The van der Waals surface area contributed by atoms with Crippen LogP contribution in [0.5, 0.6) is 0 Å². The predicted octanol–water partition coefficient (Wildman–Crippen LogP) is 3.54. The van der Waals surface area contributed by atoms with Crippen molar-refractivity contribution in [3.8, 4) is 0 Å². The second-order valence-corrected chi connectivity index (χ2v) is 7.48. The topological polar surface area (TPSA) is 72.5 Å². The first-order valence-corrected chi connectivity index (χ1v) is 9.80. The van der Waals surface area contributed by atoms with Crippen molar-refractivity contribution in [3.05, 3.63) is 65.7 Å². The third-order valence-corrected chi connectivity index (χ3v) is 5.24. The van der Waals surface area contributed by atoms with Gasteiger partial charge in [-0.05, 0) is 31.9 Å². The van der Waals surface area contributed by atoms with Gasteiger partial charge < -0.3 is 10.1 Å². The molecule has 0 radical (unpaired) electrons. The van der Waals surface area contributed by atoms with Crippen LogP contribution >= 0.6 is 11.8 Å². The van der Waals surface area contributed by atoms with Gasteiger partial charge in [-0.15, -0.1) is 11.8 Å². The van der Waals surface area contributed by atoms with Crippen molar-refractivity contribution in [2.24, 2.45) is 0 Å². The summed E-state index contributed by atoms with van der Waals surface area (Å²) in [6.07, 6.45) is 0.891. The number of hydrogen-bond donors (Lipinski definition) is 1. The number of carbonyl (C=O) groups excluding carboxylic acids is 3. The van der Waals surface area contributed by atoms with Crippen molar-refractivity contribution in [2.75, 3.05) is 5.75 Å². The fourth-order valence-electron chi connectivity index (χ4n) is 2.52. The molecule has 3 rings (SSSR count). The van der Waals surface area contributed by atoms with E-state index in [0.717, 1.165) is 12.8 Å². The van der Waals surface area contributed by atoms with Crippen molar-refractivity contribution < 1.29 is 19.1 Å². The van der Waals surface area contributed by atoms with Gasteiger partial charge in [0.15, 0.2) is 0 Å². The first-order chi connectivity index (χ1) is 13.0.